The first-order chi connectivity index (χ1) is 10.6. The maximum atomic E-state index is 13.6. The number of rotatable bonds is 5. The number of ether oxygens (including phenoxy) is 2. The van der Waals surface area contributed by atoms with Crippen LogP contribution in [0.2, 0.25) is 0 Å². The molecule has 0 saturated carbocycles. The molecular formula is C16H13F2NO3. The number of halogens is 2. The summed E-state index contributed by atoms with van der Waals surface area (Å²) in [5.41, 5.74) is -0.0694. The Bertz CT molecular complexity index is 693. The van der Waals surface area contributed by atoms with Gasteiger partial charge in [0.1, 0.15) is 24.3 Å². The van der Waals surface area contributed by atoms with Gasteiger partial charge in [0.25, 0.3) is 0 Å². The Morgan fingerprint density at radius 2 is 1.86 bits per heavy atom. The first kappa shape index (κ1) is 15.7. The molecule has 0 aromatic heterocycles. The molecule has 114 valence electrons. The maximum absolute atomic E-state index is 13.6. The van der Waals surface area contributed by atoms with Gasteiger partial charge in [0.2, 0.25) is 0 Å². The Hall–Kier alpha value is -2.65. The van der Waals surface area contributed by atoms with Gasteiger partial charge in [-0.2, -0.15) is 5.26 Å². The number of aliphatic hydroxyl groups is 1. The van der Waals surface area contributed by atoms with Gasteiger partial charge in [0.05, 0.1) is 24.3 Å². The van der Waals surface area contributed by atoms with E-state index in [4.69, 9.17) is 14.7 Å². The molecule has 0 heterocycles. The Morgan fingerprint density at radius 3 is 2.45 bits per heavy atom. The minimum Gasteiger partial charge on any atom is -0.493 e. The zero-order valence-corrected chi connectivity index (χ0v) is 11.7. The molecule has 2 rings (SSSR count). The summed E-state index contributed by atoms with van der Waals surface area (Å²) in [6.45, 7) is -0.361. The minimum atomic E-state index is -1.47. The topological polar surface area (TPSA) is 62.5 Å². The van der Waals surface area contributed by atoms with Crippen LogP contribution in [-0.2, 0) is 0 Å². The third kappa shape index (κ3) is 3.32. The first-order valence-corrected chi connectivity index (χ1v) is 6.39. The van der Waals surface area contributed by atoms with Crippen LogP contribution in [0, 0.1) is 23.0 Å². The quantitative estimate of drug-likeness (QED) is 0.922. The third-order valence-electron chi connectivity index (χ3n) is 3.02. The Morgan fingerprint density at radius 1 is 1.18 bits per heavy atom. The summed E-state index contributed by atoms with van der Waals surface area (Å²) < 4.78 is 37.5. The number of hydrogen-bond donors (Lipinski definition) is 1. The molecule has 6 heteroatoms. The van der Waals surface area contributed by atoms with Crippen molar-refractivity contribution in [3.8, 4) is 17.6 Å². The second-order valence-electron chi connectivity index (χ2n) is 4.44. The highest BCUT2D eigenvalue weighted by Crippen LogP contribution is 2.29. The third-order valence-corrected chi connectivity index (χ3v) is 3.02. The molecule has 4 nitrogen and oxygen atoms in total. The SMILES string of the molecule is COc1cc(C#N)ccc1OC[C@H](O)c1c(F)cccc1F. The molecule has 0 aliphatic carbocycles. The number of aliphatic hydroxyl groups excluding tert-OH is 1. The van der Waals surface area contributed by atoms with Crippen molar-refractivity contribution in [3.05, 3.63) is 59.2 Å². The molecule has 0 aliphatic heterocycles. The molecule has 0 saturated heterocycles. The van der Waals surface area contributed by atoms with Gasteiger partial charge in [0, 0.05) is 6.07 Å². The van der Waals surface area contributed by atoms with E-state index in [-0.39, 0.29) is 12.4 Å². The predicted molar refractivity (Wildman–Crippen MR) is 74.5 cm³/mol. The molecule has 1 atom stereocenters. The lowest BCUT2D eigenvalue weighted by Crippen LogP contribution is -2.13. The number of benzene rings is 2. The lowest BCUT2D eigenvalue weighted by Gasteiger charge is -2.15. The molecule has 22 heavy (non-hydrogen) atoms. The zero-order chi connectivity index (χ0) is 16.1. The summed E-state index contributed by atoms with van der Waals surface area (Å²) >= 11 is 0. The molecule has 0 fully saturated rings. The largest absolute Gasteiger partial charge is 0.493 e. The average Bonchev–Trinajstić information content (AvgIpc) is 2.52. The van der Waals surface area contributed by atoms with E-state index in [1.165, 1.54) is 31.4 Å². The highest BCUT2D eigenvalue weighted by Gasteiger charge is 2.19. The summed E-state index contributed by atoms with van der Waals surface area (Å²) in [7, 11) is 1.40. The maximum Gasteiger partial charge on any atom is 0.162 e. The van der Waals surface area contributed by atoms with Crippen LogP contribution in [0.25, 0.3) is 0 Å². The molecule has 1 N–H and O–H groups in total. The van der Waals surface area contributed by atoms with Crippen molar-refractivity contribution in [2.75, 3.05) is 13.7 Å². The number of methoxy groups -OCH3 is 1. The number of nitrogens with zero attached hydrogens (tertiary/aromatic N) is 1. The molecule has 0 aliphatic rings. The van der Waals surface area contributed by atoms with E-state index in [9.17, 15) is 13.9 Å². The van der Waals surface area contributed by atoms with Crippen LogP contribution in [0.15, 0.2) is 36.4 Å². The zero-order valence-electron chi connectivity index (χ0n) is 11.7. The second-order valence-corrected chi connectivity index (χ2v) is 4.44. The molecular weight excluding hydrogens is 292 g/mol. The van der Waals surface area contributed by atoms with Crippen LogP contribution < -0.4 is 9.47 Å². The van der Waals surface area contributed by atoms with Crippen molar-refractivity contribution < 1.29 is 23.4 Å². The van der Waals surface area contributed by atoms with Crippen LogP contribution in [0.3, 0.4) is 0 Å². The van der Waals surface area contributed by atoms with E-state index in [2.05, 4.69) is 0 Å². The second kappa shape index (κ2) is 6.87. The highest BCUT2D eigenvalue weighted by atomic mass is 19.1. The molecule has 0 bridgehead atoms. The van der Waals surface area contributed by atoms with E-state index < -0.39 is 23.3 Å². The fraction of sp³-hybridized carbons (Fsp3) is 0.188. The average molecular weight is 305 g/mol. The number of nitriles is 1. The van der Waals surface area contributed by atoms with E-state index in [0.717, 1.165) is 12.1 Å². The Balaban J connectivity index is 2.15. The van der Waals surface area contributed by atoms with Gasteiger partial charge in [-0.05, 0) is 24.3 Å². The van der Waals surface area contributed by atoms with Gasteiger partial charge in [-0.3, -0.25) is 0 Å². The van der Waals surface area contributed by atoms with Gasteiger partial charge >= 0.3 is 0 Å². The molecule has 2 aromatic rings. The summed E-state index contributed by atoms with van der Waals surface area (Å²) in [6, 6.07) is 9.74. The molecule has 2 aromatic carbocycles. The van der Waals surface area contributed by atoms with Crippen LogP contribution >= 0.6 is 0 Å². The van der Waals surface area contributed by atoms with E-state index in [0.29, 0.717) is 11.3 Å². The monoisotopic (exact) mass is 305 g/mol. The molecule has 0 amide bonds. The molecule has 0 radical (unpaired) electrons. The summed E-state index contributed by atoms with van der Waals surface area (Å²) in [5.74, 6) is -1.14. The van der Waals surface area contributed by atoms with E-state index in [1.54, 1.807) is 0 Å². The van der Waals surface area contributed by atoms with Crippen molar-refractivity contribution in [1.82, 2.24) is 0 Å². The van der Waals surface area contributed by atoms with Crippen LogP contribution in [0.1, 0.15) is 17.2 Å². The van der Waals surface area contributed by atoms with Gasteiger partial charge in [0.15, 0.2) is 11.5 Å². The van der Waals surface area contributed by atoms with Crippen molar-refractivity contribution in [1.29, 1.82) is 5.26 Å². The number of hydrogen-bond acceptors (Lipinski definition) is 4. The van der Waals surface area contributed by atoms with Crippen LogP contribution in [-0.4, -0.2) is 18.8 Å². The predicted octanol–water partition coefficient (Wildman–Crippen LogP) is 2.96. The summed E-state index contributed by atoms with van der Waals surface area (Å²) in [4.78, 5) is 0. The fourth-order valence-electron chi connectivity index (χ4n) is 1.94. The fourth-order valence-corrected chi connectivity index (χ4v) is 1.94. The lowest BCUT2D eigenvalue weighted by molar-refractivity contribution is 0.0997. The lowest BCUT2D eigenvalue weighted by atomic mass is 10.1. The Kier molecular flexibility index (Phi) is 4.92. The van der Waals surface area contributed by atoms with Crippen molar-refractivity contribution in [2.24, 2.45) is 0 Å². The van der Waals surface area contributed by atoms with Crippen molar-refractivity contribution >= 4 is 0 Å². The highest BCUT2D eigenvalue weighted by molar-refractivity contribution is 5.46. The van der Waals surface area contributed by atoms with Gasteiger partial charge in [-0.25, -0.2) is 8.78 Å². The van der Waals surface area contributed by atoms with Crippen LogP contribution in [0.5, 0.6) is 11.5 Å². The van der Waals surface area contributed by atoms with Gasteiger partial charge < -0.3 is 14.6 Å². The van der Waals surface area contributed by atoms with E-state index in [1.807, 2.05) is 6.07 Å². The summed E-state index contributed by atoms with van der Waals surface area (Å²) in [6.07, 6.45) is -1.47. The van der Waals surface area contributed by atoms with Gasteiger partial charge in [-0.1, -0.05) is 6.07 Å². The molecule has 0 spiro atoms. The smallest absolute Gasteiger partial charge is 0.162 e. The van der Waals surface area contributed by atoms with Crippen molar-refractivity contribution in [3.63, 3.8) is 0 Å². The Labute approximate surface area is 126 Å². The standard InChI is InChI=1S/C16H13F2NO3/c1-21-15-7-10(8-19)5-6-14(15)22-9-13(20)16-11(17)3-2-4-12(16)18/h2-7,13,20H,9H2,1H3/t13-/m0/s1. The minimum absolute atomic E-state index is 0.261. The molecule has 0 unspecified atom stereocenters. The van der Waals surface area contributed by atoms with Gasteiger partial charge in [-0.15, -0.1) is 0 Å². The van der Waals surface area contributed by atoms with Crippen LogP contribution in [0.4, 0.5) is 8.78 Å². The van der Waals surface area contributed by atoms with E-state index >= 15 is 0 Å². The van der Waals surface area contributed by atoms with Crippen molar-refractivity contribution in [2.45, 2.75) is 6.10 Å². The first-order valence-electron chi connectivity index (χ1n) is 6.39. The normalized spacial score (nSPS) is 11.6. The summed E-state index contributed by atoms with van der Waals surface area (Å²) in [5, 5.41) is 18.7.